The van der Waals surface area contributed by atoms with Gasteiger partial charge in [0.15, 0.2) is 0 Å². The first-order valence-corrected chi connectivity index (χ1v) is 5.16. The molecule has 0 radical (unpaired) electrons. The van der Waals surface area contributed by atoms with Crippen LogP contribution in [0.5, 0.6) is 0 Å². The van der Waals surface area contributed by atoms with E-state index in [-0.39, 0.29) is 0 Å². The molecule has 0 fully saturated rings. The van der Waals surface area contributed by atoms with E-state index in [0.29, 0.717) is 12.2 Å². The highest BCUT2D eigenvalue weighted by atomic mass is 16.5. The quantitative estimate of drug-likeness (QED) is 0.491. The van der Waals surface area contributed by atoms with Gasteiger partial charge in [-0.05, 0) is 33.9 Å². The number of aliphatic carboxylic acids is 1. The molecule has 88 valence electrons. The first-order valence-electron chi connectivity index (χ1n) is 5.16. The average molecular weight is 215 g/mol. The maximum absolute atomic E-state index is 10.4. The fourth-order valence-electron chi connectivity index (χ4n) is 0.940. The van der Waals surface area contributed by atoms with E-state index < -0.39 is 5.97 Å². The Bertz CT molecular complexity index is 212. The van der Waals surface area contributed by atoms with E-state index >= 15 is 0 Å². The van der Waals surface area contributed by atoms with Gasteiger partial charge in [0.25, 0.3) is 0 Å². The van der Waals surface area contributed by atoms with E-state index in [1.807, 2.05) is 14.1 Å². The molecule has 0 heterocycles. The maximum Gasteiger partial charge on any atom is 0.330 e. The molecule has 0 saturated carbocycles. The van der Waals surface area contributed by atoms with Gasteiger partial charge in [-0.1, -0.05) is 6.08 Å². The lowest BCUT2D eigenvalue weighted by Gasteiger charge is -2.09. The maximum atomic E-state index is 10.4. The van der Waals surface area contributed by atoms with Crippen LogP contribution in [-0.4, -0.2) is 49.8 Å². The minimum Gasteiger partial charge on any atom is -0.478 e. The Morgan fingerprint density at radius 3 is 2.60 bits per heavy atom. The highest BCUT2D eigenvalue weighted by Gasteiger charge is 1.97. The van der Waals surface area contributed by atoms with Crippen molar-refractivity contribution in [2.75, 3.05) is 33.9 Å². The molecule has 0 atom stereocenters. The third kappa shape index (κ3) is 9.43. The van der Waals surface area contributed by atoms with Gasteiger partial charge in [-0.3, -0.25) is 0 Å². The Morgan fingerprint density at radius 2 is 2.07 bits per heavy atom. The number of nitrogens with zero attached hydrogens (tertiary/aromatic N) is 1. The lowest BCUT2D eigenvalue weighted by Crippen LogP contribution is -2.18. The van der Waals surface area contributed by atoms with Crippen LogP contribution in [0.4, 0.5) is 0 Å². The number of carboxylic acid groups (broad SMARTS) is 1. The summed E-state index contributed by atoms with van der Waals surface area (Å²) in [6, 6.07) is 0. The molecule has 0 aliphatic rings. The van der Waals surface area contributed by atoms with Crippen molar-refractivity contribution in [3.8, 4) is 0 Å². The van der Waals surface area contributed by atoms with Gasteiger partial charge < -0.3 is 14.7 Å². The molecule has 0 aliphatic heterocycles. The van der Waals surface area contributed by atoms with E-state index in [1.165, 1.54) is 0 Å². The molecule has 0 spiro atoms. The summed E-state index contributed by atoms with van der Waals surface area (Å²) in [5.41, 5.74) is 0.406. The molecule has 0 rings (SSSR count). The summed E-state index contributed by atoms with van der Waals surface area (Å²) in [5.74, 6) is -0.844. The van der Waals surface area contributed by atoms with Gasteiger partial charge in [0.05, 0.1) is 6.61 Å². The molecular formula is C11H21NO3. The van der Waals surface area contributed by atoms with Gasteiger partial charge in [0.2, 0.25) is 0 Å². The third-order valence-corrected chi connectivity index (χ3v) is 1.96. The zero-order chi connectivity index (χ0) is 11.7. The zero-order valence-corrected chi connectivity index (χ0v) is 9.82. The summed E-state index contributed by atoms with van der Waals surface area (Å²) in [4.78, 5) is 12.5. The fraction of sp³-hybridized carbons (Fsp3) is 0.727. The Balaban J connectivity index is 3.32. The molecule has 1 N–H and O–H groups in total. The smallest absolute Gasteiger partial charge is 0.330 e. The average Bonchev–Trinajstić information content (AvgIpc) is 2.15. The molecule has 15 heavy (non-hydrogen) atoms. The predicted molar refractivity (Wildman–Crippen MR) is 60.0 cm³/mol. The number of unbranched alkanes of at least 4 members (excludes halogenated alkanes) is 1. The molecule has 4 heteroatoms. The largest absolute Gasteiger partial charge is 0.478 e. The molecule has 0 saturated heterocycles. The highest BCUT2D eigenvalue weighted by Crippen LogP contribution is 1.98. The van der Waals surface area contributed by atoms with Gasteiger partial charge in [-0.25, -0.2) is 4.79 Å². The van der Waals surface area contributed by atoms with Crippen molar-refractivity contribution in [1.82, 2.24) is 4.90 Å². The monoisotopic (exact) mass is 215 g/mol. The van der Waals surface area contributed by atoms with E-state index in [0.717, 1.165) is 26.0 Å². The number of hydrogen-bond donors (Lipinski definition) is 1. The molecule has 0 aromatic carbocycles. The summed E-state index contributed by atoms with van der Waals surface area (Å²) in [6.45, 7) is 3.95. The topological polar surface area (TPSA) is 49.8 Å². The van der Waals surface area contributed by atoms with Gasteiger partial charge in [-0.15, -0.1) is 0 Å². The molecule has 0 bridgehead atoms. The number of hydrogen-bond acceptors (Lipinski definition) is 3. The molecule has 0 unspecified atom stereocenters. The number of ether oxygens (including phenoxy) is 1. The van der Waals surface area contributed by atoms with Crippen LogP contribution in [0, 0.1) is 0 Å². The zero-order valence-electron chi connectivity index (χ0n) is 9.82. The van der Waals surface area contributed by atoms with Crippen molar-refractivity contribution in [1.29, 1.82) is 0 Å². The van der Waals surface area contributed by atoms with Crippen molar-refractivity contribution in [3.63, 3.8) is 0 Å². The summed E-state index contributed by atoms with van der Waals surface area (Å²) >= 11 is 0. The predicted octanol–water partition coefficient (Wildman–Crippen LogP) is 1.38. The van der Waals surface area contributed by atoms with E-state index in [1.54, 1.807) is 13.0 Å². The summed E-state index contributed by atoms with van der Waals surface area (Å²) in [5, 5.41) is 8.58. The minimum atomic E-state index is -0.844. The van der Waals surface area contributed by atoms with Crippen LogP contribution in [0.15, 0.2) is 11.6 Å². The standard InChI is InChI=1S/C11H21NO3/c1-10(11(13)14)6-4-5-8-15-9-7-12(2)3/h6H,4-5,7-9H2,1-3H3,(H,13,14). The number of carboxylic acids is 1. The highest BCUT2D eigenvalue weighted by molar-refractivity contribution is 5.85. The van der Waals surface area contributed by atoms with Crippen molar-refractivity contribution < 1.29 is 14.6 Å². The van der Waals surface area contributed by atoms with Crippen LogP contribution in [0.25, 0.3) is 0 Å². The Hall–Kier alpha value is -0.870. The summed E-state index contributed by atoms with van der Waals surface area (Å²) < 4.78 is 5.37. The third-order valence-electron chi connectivity index (χ3n) is 1.96. The number of likely N-dealkylation sites (N-methyl/N-ethyl adjacent to an activating group) is 1. The summed E-state index contributed by atoms with van der Waals surface area (Å²) in [7, 11) is 4.00. The minimum absolute atomic E-state index is 0.406. The number of allylic oxidation sites excluding steroid dienone is 1. The van der Waals surface area contributed by atoms with Gasteiger partial charge >= 0.3 is 5.97 Å². The van der Waals surface area contributed by atoms with Crippen molar-refractivity contribution >= 4 is 5.97 Å². The van der Waals surface area contributed by atoms with Crippen molar-refractivity contribution in [2.24, 2.45) is 0 Å². The molecular weight excluding hydrogens is 194 g/mol. The summed E-state index contributed by atoms with van der Waals surface area (Å²) in [6.07, 6.45) is 3.37. The Labute approximate surface area is 91.5 Å². The van der Waals surface area contributed by atoms with Crippen LogP contribution in [0.3, 0.4) is 0 Å². The lowest BCUT2D eigenvalue weighted by atomic mass is 10.2. The molecule has 0 aromatic rings. The lowest BCUT2D eigenvalue weighted by molar-refractivity contribution is -0.132. The SMILES string of the molecule is CC(=CCCCOCCN(C)C)C(=O)O. The molecule has 0 aliphatic carbocycles. The first kappa shape index (κ1) is 14.1. The molecule has 4 nitrogen and oxygen atoms in total. The van der Waals surface area contributed by atoms with Gasteiger partial charge in [0, 0.05) is 18.7 Å². The number of rotatable bonds is 8. The van der Waals surface area contributed by atoms with Gasteiger partial charge in [-0.2, -0.15) is 0 Å². The molecule has 0 amide bonds. The van der Waals surface area contributed by atoms with Crippen LogP contribution >= 0.6 is 0 Å². The van der Waals surface area contributed by atoms with Crippen LogP contribution in [0.1, 0.15) is 19.8 Å². The second-order valence-corrected chi connectivity index (χ2v) is 3.75. The van der Waals surface area contributed by atoms with Crippen LogP contribution in [-0.2, 0) is 9.53 Å². The fourth-order valence-corrected chi connectivity index (χ4v) is 0.940. The first-order chi connectivity index (χ1) is 7.04. The van der Waals surface area contributed by atoms with Crippen LogP contribution < -0.4 is 0 Å². The molecule has 0 aromatic heterocycles. The van der Waals surface area contributed by atoms with Gasteiger partial charge in [0.1, 0.15) is 0 Å². The van der Waals surface area contributed by atoms with Crippen LogP contribution in [0.2, 0.25) is 0 Å². The van der Waals surface area contributed by atoms with E-state index in [2.05, 4.69) is 4.90 Å². The second-order valence-electron chi connectivity index (χ2n) is 3.75. The number of carbonyl (C=O) groups is 1. The van der Waals surface area contributed by atoms with Crippen molar-refractivity contribution in [2.45, 2.75) is 19.8 Å². The Morgan fingerprint density at radius 1 is 1.40 bits per heavy atom. The van der Waals surface area contributed by atoms with E-state index in [4.69, 9.17) is 9.84 Å². The van der Waals surface area contributed by atoms with E-state index in [9.17, 15) is 4.79 Å². The second kappa shape index (κ2) is 8.44. The van der Waals surface area contributed by atoms with Crippen molar-refractivity contribution in [3.05, 3.63) is 11.6 Å². The normalized spacial score (nSPS) is 12.1. The Kier molecular flexibility index (Phi) is 7.95.